The molecule has 5 rings (SSSR count). The van der Waals surface area contributed by atoms with E-state index in [4.69, 9.17) is 19.4 Å². The summed E-state index contributed by atoms with van der Waals surface area (Å²) in [5, 5.41) is 11.9. The number of ether oxygens (including phenoxy) is 2. The summed E-state index contributed by atoms with van der Waals surface area (Å²) in [6, 6.07) is 11.5. The van der Waals surface area contributed by atoms with Gasteiger partial charge in [-0.3, -0.25) is 9.97 Å². The Morgan fingerprint density at radius 1 is 1.00 bits per heavy atom. The smallest absolute Gasteiger partial charge is 0.126 e. The van der Waals surface area contributed by atoms with Crippen LogP contribution in [0.5, 0.6) is 5.75 Å². The van der Waals surface area contributed by atoms with Crippen molar-refractivity contribution in [1.29, 1.82) is 0 Å². The average Bonchev–Trinajstić information content (AvgIpc) is 3.33. The van der Waals surface area contributed by atoms with Crippen molar-refractivity contribution in [2.45, 2.75) is 33.5 Å². The van der Waals surface area contributed by atoms with Crippen molar-refractivity contribution < 1.29 is 14.6 Å². The number of aromatic nitrogens is 4. The summed E-state index contributed by atoms with van der Waals surface area (Å²) < 4.78 is 11.6. The van der Waals surface area contributed by atoms with Crippen molar-refractivity contribution in [3.8, 4) is 16.3 Å². The number of aryl methyl sites for hydroxylation is 1. The molecule has 180 valence electrons. The Morgan fingerprint density at radius 2 is 1.77 bits per heavy atom. The maximum Gasteiger partial charge on any atom is 0.126 e. The molecule has 1 unspecified atom stereocenters. The third-order valence-electron chi connectivity index (χ3n) is 5.41. The maximum absolute atomic E-state index is 11.1. The molecule has 0 spiro atoms. The highest BCUT2D eigenvalue weighted by Crippen LogP contribution is 2.39. The fourth-order valence-corrected chi connectivity index (χ4v) is 4.93. The summed E-state index contributed by atoms with van der Waals surface area (Å²) in [6.45, 7) is 6.44. The molecule has 0 fully saturated rings. The number of pyridine rings is 1. The molecule has 0 radical (unpaired) electrons. The molecule has 0 aliphatic rings. The van der Waals surface area contributed by atoms with Gasteiger partial charge in [-0.2, -0.15) is 0 Å². The van der Waals surface area contributed by atoms with E-state index < -0.39 is 6.10 Å². The molecule has 0 aliphatic heterocycles. The first kappa shape index (κ1) is 24.7. The zero-order valence-electron chi connectivity index (χ0n) is 20.4. The molecule has 1 atom stereocenters. The molecule has 3 heterocycles. The lowest BCUT2D eigenvalue weighted by atomic mass is 10.0. The lowest BCUT2D eigenvalue weighted by Crippen LogP contribution is -2.01. The second-order valence-electron chi connectivity index (χ2n) is 7.74. The topological polar surface area (TPSA) is 90.3 Å². The first-order chi connectivity index (χ1) is 17.1. The molecule has 1 N–H and O–H groups in total. The lowest BCUT2D eigenvalue weighted by molar-refractivity contribution is 0.181. The summed E-state index contributed by atoms with van der Waals surface area (Å²) in [7, 11) is 3.26. The predicted molar refractivity (Wildman–Crippen MR) is 140 cm³/mol. The predicted octanol–water partition coefficient (Wildman–Crippen LogP) is 5.87. The van der Waals surface area contributed by atoms with Gasteiger partial charge in [-0.25, -0.2) is 9.97 Å². The van der Waals surface area contributed by atoms with E-state index in [9.17, 15) is 5.11 Å². The molecule has 0 amide bonds. The molecular weight excluding hydrogens is 460 g/mol. The number of hydrogen-bond donors (Lipinski definition) is 1. The minimum Gasteiger partial charge on any atom is -0.497 e. The summed E-state index contributed by atoms with van der Waals surface area (Å²) in [5.74, 6) is 0.666. The van der Waals surface area contributed by atoms with Crippen molar-refractivity contribution in [3.05, 3.63) is 77.4 Å². The number of aliphatic hydroxyl groups is 1. The second kappa shape index (κ2) is 10.9. The van der Waals surface area contributed by atoms with E-state index in [-0.39, 0.29) is 0 Å². The Morgan fingerprint density at radius 3 is 2.49 bits per heavy atom. The van der Waals surface area contributed by atoms with E-state index in [1.807, 2.05) is 39.0 Å². The lowest BCUT2D eigenvalue weighted by Gasteiger charge is -2.13. The highest BCUT2D eigenvalue weighted by Gasteiger charge is 2.20. The van der Waals surface area contributed by atoms with Gasteiger partial charge in [0.2, 0.25) is 0 Å². The highest BCUT2D eigenvalue weighted by atomic mass is 32.1. The largest absolute Gasteiger partial charge is 0.497 e. The number of thiazole rings is 1. The molecule has 7 nitrogen and oxygen atoms in total. The molecular formula is C27H28N4O3S. The SMILES string of the molecule is CC.COCc1cnc2c(-c3nc4c(C(O)c5ccncc5)cc(OC)cc4s3)cc(C)cc2n1. The van der Waals surface area contributed by atoms with Gasteiger partial charge in [0.1, 0.15) is 16.9 Å². The Kier molecular flexibility index (Phi) is 7.65. The van der Waals surface area contributed by atoms with Gasteiger partial charge in [0.05, 0.1) is 46.9 Å². The van der Waals surface area contributed by atoms with Crippen LogP contribution in [0.25, 0.3) is 31.8 Å². The third kappa shape index (κ3) is 5.00. The Hall–Kier alpha value is -3.46. The summed E-state index contributed by atoms with van der Waals surface area (Å²) >= 11 is 1.54. The van der Waals surface area contributed by atoms with Crippen molar-refractivity contribution in [2.75, 3.05) is 14.2 Å². The Balaban J connectivity index is 0.00000141. The Bertz CT molecular complexity index is 1450. The van der Waals surface area contributed by atoms with Crippen LogP contribution >= 0.6 is 11.3 Å². The molecule has 2 aromatic carbocycles. The number of rotatable bonds is 6. The quantitative estimate of drug-likeness (QED) is 0.319. The maximum atomic E-state index is 11.1. The van der Waals surface area contributed by atoms with E-state index in [1.54, 1.807) is 44.9 Å². The van der Waals surface area contributed by atoms with E-state index in [0.29, 0.717) is 17.9 Å². The van der Waals surface area contributed by atoms with Crippen LogP contribution in [0.4, 0.5) is 0 Å². The van der Waals surface area contributed by atoms with Crippen LogP contribution in [0.1, 0.15) is 42.3 Å². The van der Waals surface area contributed by atoms with Crippen LogP contribution in [0.3, 0.4) is 0 Å². The summed E-state index contributed by atoms with van der Waals surface area (Å²) in [4.78, 5) is 18.4. The van der Waals surface area contributed by atoms with Gasteiger partial charge in [-0.05, 0) is 54.4 Å². The van der Waals surface area contributed by atoms with E-state index >= 15 is 0 Å². The van der Waals surface area contributed by atoms with E-state index in [1.165, 1.54) is 11.3 Å². The van der Waals surface area contributed by atoms with Gasteiger partial charge in [0, 0.05) is 30.6 Å². The Labute approximate surface area is 208 Å². The fourth-order valence-electron chi connectivity index (χ4n) is 3.88. The van der Waals surface area contributed by atoms with Crippen LogP contribution in [0.2, 0.25) is 0 Å². The van der Waals surface area contributed by atoms with Gasteiger partial charge in [-0.15, -0.1) is 11.3 Å². The molecule has 0 bridgehead atoms. The molecule has 0 aliphatic carbocycles. The standard InChI is InChI=1S/C25H22N4O3S.C2H6/c1-14-8-19(22-20(9-14)28-16(12-27-22)13-31-2)25-29-23-18(10-17(32-3)11-21(23)33-25)24(30)15-4-6-26-7-5-15;1-2/h4-12,24,30H,13H2,1-3H3;1-2H3. The van der Waals surface area contributed by atoms with Gasteiger partial charge >= 0.3 is 0 Å². The molecule has 35 heavy (non-hydrogen) atoms. The summed E-state index contributed by atoms with van der Waals surface area (Å²) in [5.41, 5.74) is 6.49. The molecule has 0 saturated heterocycles. The molecule has 8 heteroatoms. The molecule has 5 aromatic rings. The van der Waals surface area contributed by atoms with Gasteiger partial charge in [0.15, 0.2) is 0 Å². The van der Waals surface area contributed by atoms with Gasteiger partial charge < -0.3 is 14.6 Å². The number of nitrogens with zero attached hydrogens (tertiary/aromatic N) is 4. The number of fused-ring (bicyclic) bond motifs is 2. The van der Waals surface area contributed by atoms with Crippen molar-refractivity contribution >= 4 is 32.6 Å². The fraction of sp³-hybridized carbons (Fsp3) is 0.259. The number of aliphatic hydroxyl groups excluding tert-OH is 1. The van der Waals surface area contributed by atoms with Crippen molar-refractivity contribution in [3.63, 3.8) is 0 Å². The first-order valence-electron chi connectivity index (χ1n) is 11.4. The minimum atomic E-state index is -0.855. The number of methoxy groups -OCH3 is 2. The minimum absolute atomic E-state index is 0.406. The normalized spacial score (nSPS) is 11.8. The van der Waals surface area contributed by atoms with Crippen LogP contribution in [0.15, 0.2) is 55.0 Å². The second-order valence-corrected chi connectivity index (χ2v) is 8.77. The van der Waals surface area contributed by atoms with E-state index in [2.05, 4.69) is 16.0 Å². The summed E-state index contributed by atoms with van der Waals surface area (Å²) in [6.07, 6.45) is 4.21. The van der Waals surface area contributed by atoms with E-state index in [0.717, 1.165) is 48.6 Å². The van der Waals surface area contributed by atoms with Crippen LogP contribution in [-0.4, -0.2) is 39.3 Å². The van der Waals surface area contributed by atoms with Gasteiger partial charge in [-0.1, -0.05) is 13.8 Å². The van der Waals surface area contributed by atoms with Gasteiger partial charge in [0.25, 0.3) is 0 Å². The van der Waals surface area contributed by atoms with Crippen LogP contribution < -0.4 is 4.74 Å². The average molecular weight is 489 g/mol. The first-order valence-corrected chi connectivity index (χ1v) is 12.2. The zero-order chi connectivity index (χ0) is 24.9. The zero-order valence-corrected chi connectivity index (χ0v) is 21.3. The molecule has 3 aromatic heterocycles. The monoisotopic (exact) mass is 488 g/mol. The van der Waals surface area contributed by atoms with Crippen molar-refractivity contribution in [1.82, 2.24) is 19.9 Å². The number of hydrogen-bond acceptors (Lipinski definition) is 8. The van der Waals surface area contributed by atoms with Crippen molar-refractivity contribution in [2.24, 2.45) is 0 Å². The number of benzene rings is 2. The molecule has 0 saturated carbocycles. The van der Waals surface area contributed by atoms with Crippen LogP contribution in [-0.2, 0) is 11.3 Å². The third-order valence-corrected chi connectivity index (χ3v) is 6.45. The highest BCUT2D eigenvalue weighted by molar-refractivity contribution is 7.21. The van der Waals surface area contributed by atoms with Crippen LogP contribution in [0, 0.1) is 6.92 Å².